The van der Waals surface area contributed by atoms with Gasteiger partial charge in [-0.05, 0) is 24.0 Å². The van der Waals surface area contributed by atoms with Gasteiger partial charge in [0.1, 0.15) is 0 Å². The van der Waals surface area contributed by atoms with Crippen molar-refractivity contribution in [3.8, 4) is 0 Å². The Hall–Kier alpha value is -1.60. The van der Waals surface area contributed by atoms with E-state index in [4.69, 9.17) is 0 Å². The summed E-state index contributed by atoms with van der Waals surface area (Å²) < 4.78 is 0. The number of nitrogens with one attached hydrogen (secondary N) is 1. The minimum absolute atomic E-state index is 0.320. The molecule has 0 spiro atoms. The van der Waals surface area contributed by atoms with Crippen molar-refractivity contribution in [1.29, 1.82) is 0 Å². The van der Waals surface area contributed by atoms with Crippen LogP contribution in [0.4, 0.5) is 0 Å². The van der Waals surface area contributed by atoms with Gasteiger partial charge in [-0.2, -0.15) is 0 Å². The monoisotopic (exact) mass is 265 g/mol. The summed E-state index contributed by atoms with van der Waals surface area (Å²) in [5.41, 5.74) is 2.73. The Balaban J connectivity index is 1.83. The summed E-state index contributed by atoms with van der Waals surface area (Å²) in [5, 5.41) is 3.89. The van der Waals surface area contributed by atoms with Gasteiger partial charge in [0, 0.05) is 6.04 Å². The van der Waals surface area contributed by atoms with Crippen molar-refractivity contribution in [2.45, 2.75) is 44.2 Å². The van der Waals surface area contributed by atoms with Gasteiger partial charge in [0.25, 0.3) is 0 Å². The summed E-state index contributed by atoms with van der Waals surface area (Å²) in [6.45, 7) is 0. The third-order valence-corrected chi connectivity index (χ3v) is 4.27. The van der Waals surface area contributed by atoms with E-state index in [1.54, 1.807) is 0 Å². The summed E-state index contributed by atoms with van der Waals surface area (Å²) in [7, 11) is 0. The van der Waals surface area contributed by atoms with Crippen molar-refractivity contribution >= 4 is 0 Å². The molecule has 0 atom stereocenters. The molecule has 3 rings (SSSR count). The Morgan fingerprint density at radius 3 is 1.70 bits per heavy atom. The van der Waals surface area contributed by atoms with Crippen LogP contribution in [0.15, 0.2) is 60.7 Å². The van der Waals surface area contributed by atoms with Crippen LogP contribution < -0.4 is 5.32 Å². The second-order valence-corrected chi connectivity index (χ2v) is 5.76. The van der Waals surface area contributed by atoms with Crippen molar-refractivity contribution in [2.75, 3.05) is 0 Å². The molecule has 2 aromatic carbocycles. The molecule has 0 amide bonds. The van der Waals surface area contributed by atoms with Gasteiger partial charge in [-0.3, -0.25) is 0 Å². The fraction of sp³-hybridized carbons (Fsp3) is 0.368. The molecule has 0 unspecified atom stereocenters. The second-order valence-electron chi connectivity index (χ2n) is 5.76. The van der Waals surface area contributed by atoms with Gasteiger partial charge in [-0.1, -0.05) is 79.9 Å². The van der Waals surface area contributed by atoms with E-state index in [0.29, 0.717) is 12.1 Å². The standard InChI is InChI=1S/C19H23N/c1-4-10-16(11-5-1)19(17-12-6-2-7-13-17)20-18-14-8-3-9-15-18/h1-2,4-7,10-13,18-20H,3,8-9,14-15H2. The maximum absolute atomic E-state index is 3.89. The maximum Gasteiger partial charge on any atom is 0.0578 e. The zero-order chi connectivity index (χ0) is 13.6. The molecular weight excluding hydrogens is 242 g/mol. The van der Waals surface area contributed by atoms with Gasteiger partial charge < -0.3 is 5.32 Å². The molecule has 0 saturated heterocycles. The average molecular weight is 265 g/mol. The van der Waals surface area contributed by atoms with E-state index in [1.165, 1.54) is 43.2 Å². The lowest BCUT2D eigenvalue weighted by molar-refractivity contribution is 0.354. The molecule has 104 valence electrons. The molecule has 0 aliphatic heterocycles. The van der Waals surface area contributed by atoms with Crippen LogP contribution in [0.5, 0.6) is 0 Å². The quantitative estimate of drug-likeness (QED) is 0.845. The first-order valence-corrected chi connectivity index (χ1v) is 7.79. The molecule has 1 nitrogen and oxygen atoms in total. The van der Waals surface area contributed by atoms with Crippen LogP contribution in [0, 0.1) is 0 Å². The molecule has 1 N–H and O–H groups in total. The second kappa shape index (κ2) is 6.71. The lowest BCUT2D eigenvalue weighted by Crippen LogP contribution is -2.35. The summed E-state index contributed by atoms with van der Waals surface area (Å²) in [6, 6.07) is 22.6. The lowest BCUT2D eigenvalue weighted by Gasteiger charge is -2.29. The van der Waals surface area contributed by atoms with Gasteiger partial charge in [-0.25, -0.2) is 0 Å². The first-order chi connectivity index (χ1) is 9.93. The Morgan fingerprint density at radius 1 is 0.700 bits per heavy atom. The molecule has 0 radical (unpaired) electrons. The van der Waals surface area contributed by atoms with Crippen LogP contribution in [0.2, 0.25) is 0 Å². The fourth-order valence-electron chi connectivity index (χ4n) is 3.18. The van der Waals surface area contributed by atoms with E-state index in [0.717, 1.165) is 0 Å². The molecular formula is C19H23N. The largest absolute Gasteiger partial charge is 0.303 e. The molecule has 1 heteroatoms. The fourth-order valence-corrected chi connectivity index (χ4v) is 3.18. The average Bonchev–Trinajstić information content (AvgIpc) is 2.55. The van der Waals surface area contributed by atoms with E-state index in [9.17, 15) is 0 Å². The minimum atomic E-state index is 0.320. The lowest BCUT2D eigenvalue weighted by atomic mass is 9.92. The first kappa shape index (κ1) is 13.4. The third kappa shape index (κ3) is 3.29. The van der Waals surface area contributed by atoms with Gasteiger partial charge in [0.05, 0.1) is 6.04 Å². The smallest absolute Gasteiger partial charge is 0.0578 e. The van der Waals surface area contributed by atoms with Crippen molar-refractivity contribution in [3.05, 3.63) is 71.8 Å². The van der Waals surface area contributed by atoms with Crippen LogP contribution in [-0.2, 0) is 0 Å². The van der Waals surface area contributed by atoms with Crippen molar-refractivity contribution in [2.24, 2.45) is 0 Å². The zero-order valence-corrected chi connectivity index (χ0v) is 12.0. The number of benzene rings is 2. The molecule has 0 heterocycles. The molecule has 1 aliphatic carbocycles. The van der Waals surface area contributed by atoms with E-state index >= 15 is 0 Å². The normalized spacial score (nSPS) is 16.4. The first-order valence-electron chi connectivity index (χ1n) is 7.79. The Kier molecular flexibility index (Phi) is 4.49. The number of hydrogen-bond acceptors (Lipinski definition) is 1. The van der Waals surface area contributed by atoms with Gasteiger partial charge in [-0.15, -0.1) is 0 Å². The third-order valence-electron chi connectivity index (χ3n) is 4.27. The molecule has 0 bridgehead atoms. The molecule has 0 aromatic heterocycles. The van der Waals surface area contributed by atoms with E-state index < -0.39 is 0 Å². The highest BCUT2D eigenvalue weighted by Gasteiger charge is 2.20. The highest BCUT2D eigenvalue weighted by atomic mass is 15.0. The molecule has 2 aromatic rings. The predicted molar refractivity (Wildman–Crippen MR) is 84.7 cm³/mol. The van der Waals surface area contributed by atoms with Crippen LogP contribution in [0.1, 0.15) is 49.3 Å². The molecule has 20 heavy (non-hydrogen) atoms. The van der Waals surface area contributed by atoms with Gasteiger partial charge >= 0.3 is 0 Å². The van der Waals surface area contributed by atoms with Crippen molar-refractivity contribution in [3.63, 3.8) is 0 Å². The van der Waals surface area contributed by atoms with E-state index in [1.807, 2.05) is 0 Å². The van der Waals surface area contributed by atoms with E-state index in [2.05, 4.69) is 66.0 Å². The van der Waals surface area contributed by atoms with Crippen LogP contribution in [0.25, 0.3) is 0 Å². The summed E-state index contributed by atoms with van der Waals surface area (Å²) in [6.07, 6.45) is 6.77. The van der Waals surface area contributed by atoms with Crippen LogP contribution >= 0.6 is 0 Å². The molecule has 1 fully saturated rings. The SMILES string of the molecule is c1ccc(C(NC2CCCCC2)c2ccccc2)cc1. The molecule has 1 aliphatic rings. The van der Waals surface area contributed by atoms with Crippen molar-refractivity contribution < 1.29 is 0 Å². The topological polar surface area (TPSA) is 12.0 Å². The maximum atomic E-state index is 3.89. The van der Waals surface area contributed by atoms with Gasteiger partial charge in [0.2, 0.25) is 0 Å². The minimum Gasteiger partial charge on any atom is -0.303 e. The summed E-state index contributed by atoms with van der Waals surface area (Å²) >= 11 is 0. The number of hydrogen-bond donors (Lipinski definition) is 1. The molecule has 1 saturated carbocycles. The Morgan fingerprint density at radius 2 is 1.20 bits per heavy atom. The predicted octanol–water partition coefficient (Wildman–Crippen LogP) is 4.70. The number of rotatable bonds is 4. The Labute approximate surface area is 122 Å². The Bertz CT molecular complexity index is 460. The summed E-state index contributed by atoms with van der Waals surface area (Å²) in [5.74, 6) is 0. The zero-order valence-electron chi connectivity index (χ0n) is 12.0. The van der Waals surface area contributed by atoms with Gasteiger partial charge in [0.15, 0.2) is 0 Å². The van der Waals surface area contributed by atoms with Crippen LogP contribution in [-0.4, -0.2) is 6.04 Å². The van der Waals surface area contributed by atoms with Crippen LogP contribution in [0.3, 0.4) is 0 Å². The summed E-state index contributed by atoms with van der Waals surface area (Å²) in [4.78, 5) is 0. The highest BCUT2D eigenvalue weighted by Crippen LogP contribution is 2.26. The van der Waals surface area contributed by atoms with E-state index in [-0.39, 0.29) is 0 Å². The highest BCUT2D eigenvalue weighted by molar-refractivity contribution is 5.31. The van der Waals surface area contributed by atoms with Crippen molar-refractivity contribution in [1.82, 2.24) is 5.32 Å².